The average molecular weight is 378 g/mol. The van der Waals surface area contributed by atoms with Crippen molar-refractivity contribution >= 4 is 0 Å². The molecule has 0 saturated carbocycles. The lowest BCUT2D eigenvalue weighted by Crippen LogP contribution is -2.35. The van der Waals surface area contributed by atoms with Crippen LogP contribution in [0.15, 0.2) is 54.9 Å². The Bertz CT molecular complexity index is 920. The molecule has 0 spiro atoms. The van der Waals surface area contributed by atoms with Crippen molar-refractivity contribution in [3.63, 3.8) is 0 Å². The number of aryl methyl sites for hydroxylation is 1. The molecule has 0 bridgehead atoms. The lowest BCUT2D eigenvalue weighted by molar-refractivity contribution is 0.192. The van der Waals surface area contributed by atoms with Crippen molar-refractivity contribution in [1.82, 2.24) is 19.4 Å². The predicted octanol–water partition coefficient (Wildman–Crippen LogP) is 4.41. The summed E-state index contributed by atoms with van der Waals surface area (Å²) in [6, 6.07) is 13.0. The number of piperidine rings is 1. The monoisotopic (exact) mass is 378 g/mol. The number of hydrogen-bond acceptors (Lipinski definition) is 3. The summed E-state index contributed by atoms with van der Waals surface area (Å²) in [7, 11) is 0. The summed E-state index contributed by atoms with van der Waals surface area (Å²) in [5.41, 5.74) is 3.11. The zero-order valence-corrected chi connectivity index (χ0v) is 16.4. The van der Waals surface area contributed by atoms with Gasteiger partial charge in [0.2, 0.25) is 0 Å². The molecule has 1 atom stereocenters. The molecule has 3 heterocycles. The van der Waals surface area contributed by atoms with Gasteiger partial charge in [0.05, 0.1) is 6.54 Å². The van der Waals surface area contributed by atoms with Gasteiger partial charge in [-0.3, -0.25) is 9.88 Å². The molecule has 1 saturated heterocycles. The Morgan fingerprint density at radius 2 is 2.07 bits per heavy atom. The Hall–Kier alpha value is -2.53. The Balaban J connectivity index is 1.45. The number of imidazole rings is 1. The van der Waals surface area contributed by atoms with Gasteiger partial charge in [-0.2, -0.15) is 0 Å². The van der Waals surface area contributed by atoms with Gasteiger partial charge in [-0.1, -0.05) is 18.2 Å². The maximum absolute atomic E-state index is 13.5. The second kappa shape index (κ2) is 8.65. The molecule has 4 nitrogen and oxygen atoms in total. The van der Waals surface area contributed by atoms with Crippen LogP contribution in [-0.4, -0.2) is 32.5 Å². The molecule has 146 valence electrons. The topological polar surface area (TPSA) is 34.0 Å². The van der Waals surface area contributed by atoms with Gasteiger partial charge in [0.15, 0.2) is 0 Å². The highest BCUT2D eigenvalue weighted by molar-refractivity contribution is 5.24. The van der Waals surface area contributed by atoms with E-state index in [0.717, 1.165) is 55.4 Å². The number of halogens is 1. The van der Waals surface area contributed by atoms with Crippen molar-refractivity contribution in [2.24, 2.45) is 0 Å². The maximum atomic E-state index is 13.5. The fourth-order valence-electron chi connectivity index (χ4n) is 4.10. The van der Waals surface area contributed by atoms with Crippen LogP contribution in [0.25, 0.3) is 0 Å². The van der Waals surface area contributed by atoms with Crippen LogP contribution in [0.2, 0.25) is 0 Å². The molecule has 1 aromatic carbocycles. The molecule has 2 aromatic heterocycles. The Morgan fingerprint density at radius 1 is 1.18 bits per heavy atom. The summed E-state index contributed by atoms with van der Waals surface area (Å²) >= 11 is 0. The summed E-state index contributed by atoms with van der Waals surface area (Å²) in [5.74, 6) is 1.38. The second-order valence-corrected chi connectivity index (χ2v) is 7.56. The SMILES string of the molecule is CCn1ccnc1CN1CCC[C@@H](c2cccc(Cc3cccc(F)c3)n2)C1. The normalized spacial score (nSPS) is 17.7. The molecule has 5 heteroatoms. The second-order valence-electron chi connectivity index (χ2n) is 7.56. The van der Waals surface area contributed by atoms with Crippen LogP contribution >= 0.6 is 0 Å². The third-order valence-corrected chi connectivity index (χ3v) is 5.53. The van der Waals surface area contributed by atoms with Gasteiger partial charge in [-0.05, 0) is 56.1 Å². The van der Waals surface area contributed by atoms with Crippen molar-refractivity contribution in [2.75, 3.05) is 13.1 Å². The van der Waals surface area contributed by atoms with E-state index in [4.69, 9.17) is 4.98 Å². The maximum Gasteiger partial charge on any atom is 0.123 e. The van der Waals surface area contributed by atoms with Crippen molar-refractivity contribution in [1.29, 1.82) is 0 Å². The van der Waals surface area contributed by atoms with Crippen molar-refractivity contribution in [2.45, 2.75) is 45.2 Å². The zero-order chi connectivity index (χ0) is 19.3. The minimum atomic E-state index is -0.193. The number of hydrogen-bond donors (Lipinski definition) is 0. The van der Waals surface area contributed by atoms with Gasteiger partial charge >= 0.3 is 0 Å². The van der Waals surface area contributed by atoms with Gasteiger partial charge in [0.1, 0.15) is 11.6 Å². The minimum absolute atomic E-state index is 0.193. The zero-order valence-electron chi connectivity index (χ0n) is 16.4. The molecule has 1 aliphatic heterocycles. The van der Waals surface area contributed by atoms with Crippen LogP contribution in [0.1, 0.15) is 48.5 Å². The molecular weight excluding hydrogens is 351 g/mol. The quantitative estimate of drug-likeness (QED) is 0.637. The molecule has 28 heavy (non-hydrogen) atoms. The lowest BCUT2D eigenvalue weighted by atomic mass is 9.94. The molecule has 0 amide bonds. The largest absolute Gasteiger partial charge is 0.334 e. The fourth-order valence-corrected chi connectivity index (χ4v) is 4.10. The first-order valence-electron chi connectivity index (χ1n) is 10.1. The molecule has 0 unspecified atom stereocenters. The number of likely N-dealkylation sites (tertiary alicyclic amines) is 1. The first-order chi connectivity index (χ1) is 13.7. The predicted molar refractivity (Wildman–Crippen MR) is 109 cm³/mol. The highest BCUT2D eigenvalue weighted by atomic mass is 19.1. The van der Waals surface area contributed by atoms with E-state index in [1.54, 1.807) is 12.1 Å². The Kier molecular flexibility index (Phi) is 5.81. The average Bonchev–Trinajstić information content (AvgIpc) is 3.15. The van der Waals surface area contributed by atoms with Gasteiger partial charge in [-0.25, -0.2) is 9.37 Å². The van der Waals surface area contributed by atoms with E-state index in [1.165, 1.54) is 12.5 Å². The highest BCUT2D eigenvalue weighted by Gasteiger charge is 2.23. The fraction of sp³-hybridized carbons (Fsp3) is 0.391. The number of nitrogens with zero attached hydrogens (tertiary/aromatic N) is 4. The molecular formula is C23H27FN4. The van der Waals surface area contributed by atoms with Gasteiger partial charge < -0.3 is 4.57 Å². The molecule has 4 rings (SSSR count). The molecule has 0 N–H and O–H groups in total. The van der Waals surface area contributed by atoms with E-state index in [-0.39, 0.29) is 5.82 Å². The van der Waals surface area contributed by atoms with E-state index >= 15 is 0 Å². The van der Waals surface area contributed by atoms with Crippen LogP contribution < -0.4 is 0 Å². The van der Waals surface area contributed by atoms with Crippen LogP contribution in [0.4, 0.5) is 4.39 Å². The standard InChI is InChI=1S/C23H27FN4/c1-2-28-13-11-25-23(28)17-27-12-5-7-19(16-27)22-10-4-9-21(26-22)15-18-6-3-8-20(24)14-18/h3-4,6,8-11,13-14,19H,2,5,7,12,15-17H2,1H3/t19-/m1/s1. The van der Waals surface area contributed by atoms with Crippen LogP contribution in [-0.2, 0) is 19.5 Å². The smallest absolute Gasteiger partial charge is 0.123 e. The van der Waals surface area contributed by atoms with Crippen molar-refractivity contribution < 1.29 is 4.39 Å². The number of pyridine rings is 1. The third-order valence-electron chi connectivity index (χ3n) is 5.53. The van der Waals surface area contributed by atoms with Crippen molar-refractivity contribution in [3.05, 3.63) is 83.5 Å². The van der Waals surface area contributed by atoms with Gasteiger partial charge in [-0.15, -0.1) is 0 Å². The Labute approximate surface area is 166 Å². The van der Waals surface area contributed by atoms with Gasteiger partial charge in [0.25, 0.3) is 0 Å². The molecule has 0 aliphatic carbocycles. The highest BCUT2D eigenvalue weighted by Crippen LogP contribution is 2.27. The van der Waals surface area contributed by atoms with E-state index in [1.807, 2.05) is 24.5 Å². The summed E-state index contributed by atoms with van der Waals surface area (Å²) in [5, 5.41) is 0. The number of rotatable bonds is 6. The third kappa shape index (κ3) is 4.47. The summed E-state index contributed by atoms with van der Waals surface area (Å²) in [4.78, 5) is 11.9. The minimum Gasteiger partial charge on any atom is -0.334 e. The van der Waals surface area contributed by atoms with Crippen molar-refractivity contribution in [3.8, 4) is 0 Å². The first kappa shape index (κ1) is 18.8. The number of benzene rings is 1. The lowest BCUT2D eigenvalue weighted by Gasteiger charge is -2.32. The van der Waals surface area contributed by atoms with E-state index in [2.05, 4.69) is 33.5 Å². The summed E-state index contributed by atoms with van der Waals surface area (Å²) < 4.78 is 15.7. The molecule has 1 fully saturated rings. The first-order valence-corrected chi connectivity index (χ1v) is 10.1. The van der Waals surface area contributed by atoms with E-state index < -0.39 is 0 Å². The Morgan fingerprint density at radius 3 is 2.93 bits per heavy atom. The van der Waals surface area contributed by atoms with Gasteiger partial charge in [0, 0.05) is 49.2 Å². The molecule has 3 aromatic rings. The van der Waals surface area contributed by atoms with Crippen LogP contribution in [0.5, 0.6) is 0 Å². The molecule has 1 aliphatic rings. The number of aromatic nitrogens is 3. The van der Waals surface area contributed by atoms with E-state index in [9.17, 15) is 4.39 Å². The van der Waals surface area contributed by atoms with Crippen LogP contribution in [0.3, 0.4) is 0 Å². The van der Waals surface area contributed by atoms with E-state index in [0.29, 0.717) is 12.3 Å². The molecule has 0 radical (unpaired) electrons. The summed E-state index contributed by atoms with van der Waals surface area (Å²) in [6.07, 6.45) is 6.93. The summed E-state index contributed by atoms with van der Waals surface area (Å²) in [6.45, 7) is 6.11. The van der Waals surface area contributed by atoms with Crippen LogP contribution in [0, 0.1) is 5.82 Å².